The summed E-state index contributed by atoms with van der Waals surface area (Å²) in [7, 11) is 1.42. The number of ether oxygens (including phenoxy) is 1. The third kappa shape index (κ3) is 5.04. The number of nitriles is 1. The second-order valence-electron chi connectivity index (χ2n) is 11.1. The smallest absolute Gasteiger partial charge is 0.262 e. The van der Waals surface area contributed by atoms with E-state index in [0.29, 0.717) is 18.6 Å². The lowest BCUT2D eigenvalue weighted by Gasteiger charge is -2.16. The lowest BCUT2D eigenvalue weighted by molar-refractivity contribution is -0.119. The number of hydrogen-bond donors (Lipinski definition) is 1. The molecule has 1 saturated carbocycles. The number of halogens is 1. The number of aromatic nitrogens is 2. The summed E-state index contributed by atoms with van der Waals surface area (Å²) >= 11 is 0. The summed E-state index contributed by atoms with van der Waals surface area (Å²) < 4.78 is 49.1. The van der Waals surface area contributed by atoms with Gasteiger partial charge in [0, 0.05) is 36.3 Å². The van der Waals surface area contributed by atoms with Crippen molar-refractivity contribution in [2.45, 2.75) is 29.6 Å². The molecule has 4 aromatic rings. The van der Waals surface area contributed by atoms with E-state index >= 15 is 0 Å². The highest BCUT2D eigenvalue weighted by atomic mass is 32.2. The van der Waals surface area contributed by atoms with E-state index in [1.54, 1.807) is 36.5 Å². The van der Waals surface area contributed by atoms with Crippen LogP contribution in [0.2, 0.25) is 0 Å². The molecule has 1 N–H and O–H groups in total. The molecule has 1 amide bonds. The Bertz CT molecular complexity index is 1940. The number of fused-ring (bicyclic) bond motifs is 4. The fraction of sp³-hybridized carbons (Fsp3) is 0.290. The average molecular weight is 601 g/mol. The predicted molar refractivity (Wildman–Crippen MR) is 160 cm³/mol. The average Bonchev–Trinajstić information content (AvgIpc) is 3.76. The van der Waals surface area contributed by atoms with Crippen molar-refractivity contribution >= 4 is 38.2 Å². The van der Waals surface area contributed by atoms with Gasteiger partial charge in [0.2, 0.25) is 11.8 Å². The van der Waals surface area contributed by atoms with Crippen molar-refractivity contribution < 1.29 is 22.3 Å². The fourth-order valence-corrected chi connectivity index (χ4v) is 6.63. The lowest BCUT2D eigenvalue weighted by Crippen LogP contribution is -2.28. The highest BCUT2D eigenvalue weighted by Crippen LogP contribution is 2.58. The standard InChI is InChI=1S/C31H29FN6O4S/c1-37(2)11-4-12-42-29-26(36-43(40,41)22-6-7-24(32)20(13-22)16-33)15-21(17-35-29)19-5-8-25-23(14-19)28-27(18-34-25)38(3)30(39)31(28)9-10-31/h5-8,13-15,17-18,36H,4,9-12H2,1-3H3. The number of amides is 1. The van der Waals surface area contributed by atoms with Crippen molar-refractivity contribution in [3.63, 3.8) is 0 Å². The Balaban J connectivity index is 1.40. The van der Waals surface area contributed by atoms with Gasteiger partial charge in [0.05, 0.1) is 39.9 Å². The first-order valence-electron chi connectivity index (χ1n) is 13.8. The number of likely N-dealkylation sites (N-methyl/N-ethyl adjacent to an activating group) is 1. The van der Waals surface area contributed by atoms with Crippen molar-refractivity contribution in [2.75, 3.05) is 43.9 Å². The van der Waals surface area contributed by atoms with Crippen LogP contribution in [0.4, 0.5) is 15.8 Å². The van der Waals surface area contributed by atoms with Gasteiger partial charge in [0.1, 0.15) is 17.6 Å². The van der Waals surface area contributed by atoms with Crippen molar-refractivity contribution in [1.29, 1.82) is 5.26 Å². The molecule has 12 heteroatoms. The minimum Gasteiger partial charge on any atom is -0.476 e. The molecule has 220 valence electrons. The Morgan fingerprint density at radius 1 is 1.12 bits per heavy atom. The van der Waals surface area contributed by atoms with E-state index in [1.807, 2.05) is 37.2 Å². The van der Waals surface area contributed by atoms with Gasteiger partial charge >= 0.3 is 0 Å². The Labute approximate surface area is 248 Å². The van der Waals surface area contributed by atoms with Crippen LogP contribution in [0.15, 0.2) is 59.8 Å². The molecule has 0 radical (unpaired) electrons. The number of rotatable bonds is 9. The van der Waals surface area contributed by atoms with Gasteiger partial charge in [0.25, 0.3) is 10.0 Å². The first kappa shape index (κ1) is 28.5. The fourth-order valence-electron chi connectivity index (χ4n) is 5.55. The highest BCUT2D eigenvalue weighted by Gasteiger charge is 2.59. The number of nitrogens with one attached hydrogen (secondary N) is 1. The van der Waals surface area contributed by atoms with Gasteiger partial charge in [-0.3, -0.25) is 14.5 Å². The minimum absolute atomic E-state index is 0.0803. The first-order valence-corrected chi connectivity index (χ1v) is 15.2. The summed E-state index contributed by atoms with van der Waals surface area (Å²) in [5, 5.41) is 10.1. The normalized spacial score (nSPS) is 15.2. The molecule has 2 aromatic carbocycles. The van der Waals surface area contributed by atoms with Crippen LogP contribution in [0.25, 0.3) is 22.0 Å². The Kier molecular flexibility index (Phi) is 7.02. The molecule has 1 fully saturated rings. The maximum atomic E-state index is 13.9. The second-order valence-corrected chi connectivity index (χ2v) is 12.8. The third-order valence-corrected chi connectivity index (χ3v) is 9.30. The second kappa shape index (κ2) is 10.6. The Hall–Kier alpha value is -4.60. The molecule has 1 spiro atoms. The van der Waals surface area contributed by atoms with Crippen LogP contribution >= 0.6 is 0 Å². The summed E-state index contributed by atoms with van der Waals surface area (Å²) in [6.45, 7) is 1.06. The van der Waals surface area contributed by atoms with Crippen molar-refractivity contribution in [3.8, 4) is 23.1 Å². The predicted octanol–water partition coefficient (Wildman–Crippen LogP) is 4.45. The van der Waals surface area contributed by atoms with Crippen molar-refractivity contribution in [2.24, 2.45) is 0 Å². The molecular weight excluding hydrogens is 571 g/mol. The van der Waals surface area contributed by atoms with E-state index in [-0.39, 0.29) is 27.9 Å². The zero-order valence-electron chi connectivity index (χ0n) is 23.9. The molecule has 6 rings (SSSR count). The van der Waals surface area contributed by atoms with Crippen LogP contribution in [-0.4, -0.2) is 63.5 Å². The van der Waals surface area contributed by atoms with Crippen LogP contribution in [0.1, 0.15) is 30.4 Å². The van der Waals surface area contributed by atoms with Crippen molar-refractivity contribution in [3.05, 3.63) is 71.8 Å². The van der Waals surface area contributed by atoms with Crippen LogP contribution in [0.5, 0.6) is 5.88 Å². The molecule has 2 aliphatic rings. The molecule has 0 saturated heterocycles. The van der Waals surface area contributed by atoms with Gasteiger partial charge in [-0.1, -0.05) is 6.07 Å². The number of carbonyl (C=O) groups is 1. The lowest BCUT2D eigenvalue weighted by atomic mass is 9.92. The summed E-state index contributed by atoms with van der Waals surface area (Å²) in [6.07, 6.45) is 5.61. The van der Waals surface area contributed by atoms with E-state index in [4.69, 9.17) is 4.74 Å². The van der Waals surface area contributed by atoms with Gasteiger partial charge < -0.3 is 14.5 Å². The number of carbonyl (C=O) groups excluding carboxylic acids is 1. The first-order chi connectivity index (χ1) is 20.5. The highest BCUT2D eigenvalue weighted by molar-refractivity contribution is 7.92. The molecule has 1 aliphatic heterocycles. The van der Waals surface area contributed by atoms with Gasteiger partial charge in [0.15, 0.2) is 0 Å². The van der Waals surface area contributed by atoms with Gasteiger partial charge in [-0.05, 0) is 75.3 Å². The summed E-state index contributed by atoms with van der Waals surface area (Å²) in [5.74, 6) is -0.647. The van der Waals surface area contributed by atoms with Crippen LogP contribution in [0.3, 0.4) is 0 Å². The topological polar surface area (TPSA) is 129 Å². The van der Waals surface area contributed by atoms with Crippen LogP contribution in [0, 0.1) is 17.1 Å². The molecule has 0 bridgehead atoms. The van der Waals surface area contributed by atoms with E-state index in [9.17, 15) is 22.9 Å². The SMILES string of the molecule is CN(C)CCCOc1ncc(-c2ccc3ncc4c(c3c2)C2(CC2)C(=O)N4C)cc1NS(=O)(=O)c1ccc(F)c(C#N)c1. The molecule has 0 atom stereocenters. The monoisotopic (exact) mass is 600 g/mol. The number of benzene rings is 2. The maximum absolute atomic E-state index is 13.9. The summed E-state index contributed by atoms with van der Waals surface area (Å²) in [6, 6.07) is 12.0. The third-order valence-electron chi connectivity index (χ3n) is 7.94. The zero-order chi connectivity index (χ0) is 30.5. The molecule has 2 aromatic heterocycles. The largest absolute Gasteiger partial charge is 0.476 e. The molecule has 43 heavy (non-hydrogen) atoms. The van der Waals surface area contributed by atoms with Crippen LogP contribution in [-0.2, 0) is 20.2 Å². The summed E-state index contributed by atoms with van der Waals surface area (Å²) in [4.78, 5) is 25.5. The number of hydrogen-bond acceptors (Lipinski definition) is 8. The molecule has 10 nitrogen and oxygen atoms in total. The van der Waals surface area contributed by atoms with E-state index < -0.39 is 21.3 Å². The molecular formula is C31H29FN6O4S. The van der Waals surface area contributed by atoms with Gasteiger partial charge in [-0.15, -0.1) is 0 Å². The number of pyridine rings is 2. The number of nitrogens with zero attached hydrogens (tertiary/aromatic N) is 5. The maximum Gasteiger partial charge on any atom is 0.262 e. The Morgan fingerprint density at radius 2 is 1.91 bits per heavy atom. The van der Waals surface area contributed by atoms with Gasteiger partial charge in [-0.25, -0.2) is 17.8 Å². The summed E-state index contributed by atoms with van der Waals surface area (Å²) in [5.41, 5.74) is 3.10. The van der Waals surface area contributed by atoms with Crippen molar-refractivity contribution in [1.82, 2.24) is 14.9 Å². The molecule has 3 heterocycles. The van der Waals surface area contributed by atoms with E-state index in [1.165, 1.54) is 0 Å². The zero-order valence-corrected chi connectivity index (χ0v) is 24.7. The Morgan fingerprint density at radius 3 is 2.63 bits per heavy atom. The van der Waals surface area contributed by atoms with Crippen LogP contribution < -0.4 is 14.4 Å². The minimum atomic E-state index is -4.24. The van der Waals surface area contributed by atoms with E-state index in [0.717, 1.165) is 65.3 Å². The molecule has 0 unspecified atom stereocenters. The van der Waals surface area contributed by atoms with E-state index in [2.05, 4.69) is 14.7 Å². The number of anilines is 2. The molecule has 1 aliphatic carbocycles. The quantitative estimate of drug-likeness (QED) is 0.279. The van der Waals surface area contributed by atoms with Gasteiger partial charge in [-0.2, -0.15) is 5.26 Å². The number of sulfonamides is 1.